The lowest BCUT2D eigenvalue weighted by molar-refractivity contribution is 0.519. The lowest BCUT2D eigenvalue weighted by Gasteiger charge is -2.07. The van der Waals surface area contributed by atoms with Gasteiger partial charge in [-0.05, 0) is 48.4 Å². The Morgan fingerprint density at radius 1 is 0.967 bits per heavy atom. The molecule has 1 N–H and O–H groups in total. The number of hydrogen-bond donors (Lipinski definition) is 1. The number of anilines is 1. The monoisotopic (exact) mass is 422 g/mol. The first kappa shape index (κ1) is 19.8. The molecule has 0 aliphatic rings. The van der Waals surface area contributed by atoms with Crippen molar-refractivity contribution in [2.45, 2.75) is 18.2 Å². The summed E-state index contributed by atoms with van der Waals surface area (Å²) < 4.78 is 47.8. The third-order valence-electron chi connectivity index (χ3n) is 4.57. The van der Waals surface area contributed by atoms with Gasteiger partial charge in [0.1, 0.15) is 5.82 Å². The summed E-state index contributed by atoms with van der Waals surface area (Å²) in [7, 11) is -3.87. The number of rotatable bonds is 6. The highest BCUT2D eigenvalue weighted by Gasteiger charge is 2.22. The van der Waals surface area contributed by atoms with Crippen LogP contribution in [0.1, 0.15) is 17.0 Å². The van der Waals surface area contributed by atoms with Crippen LogP contribution in [0.2, 0.25) is 0 Å². The fraction of sp³-hybridized carbons (Fsp3) is 0.0870. The van der Waals surface area contributed by atoms with E-state index in [0.717, 1.165) is 5.56 Å². The summed E-state index contributed by atoms with van der Waals surface area (Å²) in [4.78, 5) is 4.50. The summed E-state index contributed by atoms with van der Waals surface area (Å²) in [6.07, 6.45) is 0.390. The predicted molar refractivity (Wildman–Crippen MR) is 113 cm³/mol. The van der Waals surface area contributed by atoms with Crippen molar-refractivity contribution in [3.63, 3.8) is 0 Å². The second kappa shape index (κ2) is 8.12. The van der Waals surface area contributed by atoms with E-state index in [0.29, 0.717) is 23.4 Å². The van der Waals surface area contributed by atoms with Crippen LogP contribution in [0.3, 0.4) is 0 Å². The Bertz CT molecular complexity index is 1270. The van der Waals surface area contributed by atoms with Crippen molar-refractivity contribution in [1.29, 1.82) is 0 Å². The van der Waals surface area contributed by atoms with Crippen molar-refractivity contribution in [3.8, 4) is 11.3 Å². The van der Waals surface area contributed by atoms with Crippen LogP contribution in [0.15, 0.2) is 88.2 Å². The summed E-state index contributed by atoms with van der Waals surface area (Å²) in [5.74, 6) is 0.303. The number of nitrogens with zero attached hydrogens (tertiary/aromatic N) is 1. The average molecular weight is 422 g/mol. The summed E-state index contributed by atoms with van der Waals surface area (Å²) in [6.45, 7) is 1.63. The second-order valence-electron chi connectivity index (χ2n) is 6.83. The minimum atomic E-state index is -3.87. The molecule has 0 unspecified atom stereocenters. The molecular formula is C23H19FN2O3S. The average Bonchev–Trinajstić information content (AvgIpc) is 3.13. The second-order valence-corrected chi connectivity index (χ2v) is 8.51. The molecule has 0 fully saturated rings. The number of aromatic nitrogens is 1. The fourth-order valence-corrected chi connectivity index (χ4v) is 4.07. The number of benzene rings is 3. The summed E-state index contributed by atoms with van der Waals surface area (Å²) in [6, 6.07) is 22.0. The molecule has 1 heterocycles. The van der Waals surface area contributed by atoms with Gasteiger partial charge in [0, 0.05) is 12.0 Å². The summed E-state index contributed by atoms with van der Waals surface area (Å²) >= 11 is 0. The highest BCUT2D eigenvalue weighted by molar-refractivity contribution is 7.92. The smallest absolute Gasteiger partial charge is 0.263 e. The van der Waals surface area contributed by atoms with Gasteiger partial charge < -0.3 is 4.42 Å². The largest absolute Gasteiger partial charge is 0.438 e. The first-order valence-electron chi connectivity index (χ1n) is 9.30. The van der Waals surface area contributed by atoms with Crippen LogP contribution in [0.4, 0.5) is 10.2 Å². The van der Waals surface area contributed by atoms with E-state index in [2.05, 4.69) is 9.71 Å². The number of halogens is 1. The zero-order chi connectivity index (χ0) is 21.1. The summed E-state index contributed by atoms with van der Waals surface area (Å²) in [5, 5.41) is 0. The van der Waals surface area contributed by atoms with E-state index in [-0.39, 0.29) is 22.3 Å². The van der Waals surface area contributed by atoms with Crippen molar-refractivity contribution >= 4 is 15.8 Å². The number of sulfonamides is 1. The third-order valence-corrected chi connectivity index (χ3v) is 5.93. The van der Waals surface area contributed by atoms with Crippen LogP contribution < -0.4 is 4.72 Å². The van der Waals surface area contributed by atoms with E-state index in [4.69, 9.17) is 4.42 Å². The molecule has 4 rings (SSSR count). The van der Waals surface area contributed by atoms with E-state index in [1.54, 1.807) is 31.2 Å². The van der Waals surface area contributed by atoms with Crippen LogP contribution in [-0.4, -0.2) is 13.4 Å². The maximum atomic E-state index is 13.7. The van der Waals surface area contributed by atoms with Gasteiger partial charge in [-0.1, -0.05) is 48.5 Å². The Balaban J connectivity index is 1.76. The molecule has 0 saturated heterocycles. The molecule has 0 aliphatic heterocycles. The van der Waals surface area contributed by atoms with E-state index < -0.39 is 10.0 Å². The quantitative estimate of drug-likeness (QED) is 0.465. The first-order chi connectivity index (χ1) is 14.4. The molecule has 0 saturated carbocycles. The van der Waals surface area contributed by atoms with Gasteiger partial charge in [-0.15, -0.1) is 0 Å². The van der Waals surface area contributed by atoms with Gasteiger partial charge in [-0.25, -0.2) is 12.8 Å². The van der Waals surface area contributed by atoms with E-state index >= 15 is 0 Å². The van der Waals surface area contributed by atoms with Gasteiger partial charge in [0.05, 0.1) is 4.90 Å². The van der Waals surface area contributed by atoms with Crippen LogP contribution in [0.5, 0.6) is 0 Å². The van der Waals surface area contributed by atoms with Gasteiger partial charge in [0.15, 0.2) is 11.6 Å². The molecule has 152 valence electrons. The molecule has 0 aliphatic carbocycles. The van der Waals surface area contributed by atoms with Gasteiger partial charge in [-0.2, -0.15) is 4.98 Å². The molecular weight excluding hydrogens is 403 g/mol. The highest BCUT2D eigenvalue weighted by atomic mass is 32.2. The van der Waals surface area contributed by atoms with Crippen LogP contribution >= 0.6 is 0 Å². The van der Waals surface area contributed by atoms with Crippen molar-refractivity contribution < 1.29 is 17.2 Å². The third kappa shape index (κ3) is 4.26. The van der Waals surface area contributed by atoms with Gasteiger partial charge >= 0.3 is 0 Å². The Kier molecular flexibility index (Phi) is 5.37. The molecule has 0 amide bonds. The minimum Gasteiger partial charge on any atom is -0.438 e. The standard InChI is InChI=1S/C23H19FN2O3S/c1-16-14-18(12-13-20(16)24)22-23(26-30(27,28)19-10-6-3-7-11-19)25-21(29-22)15-17-8-4-2-5-9-17/h2-14,26H,15H2,1H3. The Hall–Kier alpha value is -3.45. The maximum Gasteiger partial charge on any atom is 0.263 e. The number of hydrogen-bond acceptors (Lipinski definition) is 4. The molecule has 0 radical (unpaired) electrons. The SMILES string of the molecule is Cc1cc(-c2oc(Cc3ccccc3)nc2NS(=O)(=O)c2ccccc2)ccc1F. The Morgan fingerprint density at radius 2 is 1.63 bits per heavy atom. The van der Waals surface area contributed by atoms with E-state index in [9.17, 15) is 12.8 Å². The van der Waals surface area contributed by atoms with Crippen LogP contribution in [0, 0.1) is 12.7 Å². The molecule has 1 aromatic heterocycles. The first-order valence-corrected chi connectivity index (χ1v) is 10.8. The predicted octanol–water partition coefficient (Wildman–Crippen LogP) is 5.18. The topological polar surface area (TPSA) is 72.2 Å². The Morgan fingerprint density at radius 3 is 2.30 bits per heavy atom. The van der Waals surface area contributed by atoms with E-state index in [1.807, 2.05) is 30.3 Å². The molecule has 30 heavy (non-hydrogen) atoms. The van der Waals surface area contributed by atoms with E-state index in [1.165, 1.54) is 24.3 Å². The lowest BCUT2D eigenvalue weighted by Crippen LogP contribution is -2.13. The number of oxazole rings is 1. The van der Waals surface area contributed by atoms with Crippen LogP contribution in [-0.2, 0) is 16.4 Å². The summed E-state index contributed by atoms with van der Waals surface area (Å²) in [5.41, 5.74) is 1.93. The van der Waals surface area contributed by atoms with Crippen LogP contribution in [0.25, 0.3) is 11.3 Å². The van der Waals surface area contributed by atoms with Crippen molar-refractivity contribution in [2.24, 2.45) is 0 Å². The zero-order valence-corrected chi connectivity index (χ0v) is 17.0. The fourth-order valence-electron chi connectivity index (χ4n) is 3.05. The van der Waals surface area contributed by atoms with Gasteiger partial charge in [0.25, 0.3) is 10.0 Å². The number of aryl methyl sites for hydroxylation is 1. The minimum absolute atomic E-state index is 0.0655. The molecule has 5 nitrogen and oxygen atoms in total. The zero-order valence-electron chi connectivity index (χ0n) is 16.2. The van der Waals surface area contributed by atoms with Crippen molar-refractivity contribution in [1.82, 2.24) is 4.98 Å². The van der Waals surface area contributed by atoms with Crippen molar-refractivity contribution in [2.75, 3.05) is 4.72 Å². The highest BCUT2D eigenvalue weighted by Crippen LogP contribution is 2.32. The molecule has 4 aromatic rings. The Labute approximate surface area is 174 Å². The molecule has 7 heteroatoms. The molecule has 0 spiro atoms. The van der Waals surface area contributed by atoms with Crippen molar-refractivity contribution in [3.05, 3.63) is 102 Å². The maximum absolute atomic E-state index is 13.7. The lowest BCUT2D eigenvalue weighted by atomic mass is 10.1. The number of nitrogens with one attached hydrogen (secondary N) is 1. The normalized spacial score (nSPS) is 11.4. The molecule has 0 atom stereocenters. The molecule has 0 bridgehead atoms. The van der Waals surface area contributed by atoms with Gasteiger partial charge in [0.2, 0.25) is 5.89 Å². The molecule has 3 aromatic carbocycles. The van der Waals surface area contributed by atoms with Gasteiger partial charge in [-0.3, -0.25) is 4.72 Å².